The summed E-state index contributed by atoms with van der Waals surface area (Å²) in [5.74, 6) is 1.57. The quantitative estimate of drug-likeness (QED) is 0.341. The van der Waals surface area contributed by atoms with Gasteiger partial charge in [0.1, 0.15) is 17.3 Å². The minimum absolute atomic E-state index is 0.119. The van der Waals surface area contributed by atoms with E-state index in [1.54, 1.807) is 25.5 Å². The van der Waals surface area contributed by atoms with Crippen LogP contribution in [0.25, 0.3) is 0 Å². The van der Waals surface area contributed by atoms with Gasteiger partial charge in [0.05, 0.1) is 18.8 Å². The maximum absolute atomic E-state index is 15.6. The number of allylic oxidation sites excluding steroid dienone is 12. The molecule has 0 amide bonds. The minimum atomic E-state index is -0.785. The zero-order valence-corrected chi connectivity index (χ0v) is 22.0. The van der Waals surface area contributed by atoms with Crippen LogP contribution in [0.1, 0.15) is 22.6 Å². The summed E-state index contributed by atoms with van der Waals surface area (Å²) >= 11 is 1.84. The van der Waals surface area contributed by atoms with Crippen molar-refractivity contribution >= 4 is 11.8 Å². The standard InChI is InChI=1S/C35H23FO2S/c1-37-23-14-12-22(13-15-23)35(28-9-3-4-10-29(28)36)17-16-21-19-26-32(27(21)20-35)34-31(25-8-6-18-38-33(25)26)24-7-2-5-11-30(24)39-34/h2-20,31H,1H3. The summed E-state index contributed by atoms with van der Waals surface area (Å²) in [7, 11) is 1.66. The zero-order valence-electron chi connectivity index (χ0n) is 21.1. The molecular weight excluding hydrogens is 503 g/mol. The van der Waals surface area contributed by atoms with E-state index in [1.165, 1.54) is 26.5 Å². The van der Waals surface area contributed by atoms with E-state index >= 15 is 4.39 Å². The monoisotopic (exact) mass is 526 g/mol. The van der Waals surface area contributed by atoms with Crippen molar-refractivity contribution in [3.63, 3.8) is 0 Å². The summed E-state index contributed by atoms with van der Waals surface area (Å²) in [6.07, 6.45) is 14.7. The third-order valence-electron chi connectivity index (χ3n) is 8.25. The van der Waals surface area contributed by atoms with Crippen LogP contribution in [-0.4, -0.2) is 7.11 Å². The number of thioether (sulfide) groups is 1. The highest BCUT2D eigenvalue weighted by atomic mass is 32.2. The Morgan fingerprint density at radius 1 is 0.974 bits per heavy atom. The molecule has 0 radical (unpaired) electrons. The molecule has 3 aromatic carbocycles. The van der Waals surface area contributed by atoms with Crippen LogP contribution in [0.3, 0.4) is 0 Å². The molecule has 0 fully saturated rings. The van der Waals surface area contributed by atoms with Gasteiger partial charge in [-0.1, -0.05) is 84.6 Å². The van der Waals surface area contributed by atoms with Crippen LogP contribution in [-0.2, 0) is 10.2 Å². The van der Waals surface area contributed by atoms with Gasteiger partial charge >= 0.3 is 0 Å². The van der Waals surface area contributed by atoms with Crippen molar-refractivity contribution in [2.75, 3.05) is 7.11 Å². The molecule has 0 N–H and O–H groups in total. The molecule has 39 heavy (non-hydrogen) atoms. The number of halogens is 1. The summed E-state index contributed by atoms with van der Waals surface area (Å²) in [5, 5.41) is 0. The van der Waals surface area contributed by atoms with Crippen molar-refractivity contribution in [2.45, 2.75) is 16.2 Å². The predicted molar refractivity (Wildman–Crippen MR) is 153 cm³/mol. The summed E-state index contributed by atoms with van der Waals surface area (Å²) < 4.78 is 27.2. The average molecular weight is 527 g/mol. The van der Waals surface area contributed by atoms with Gasteiger partial charge in [0, 0.05) is 38.0 Å². The van der Waals surface area contributed by atoms with E-state index in [0.717, 1.165) is 33.8 Å². The molecule has 2 heterocycles. The summed E-state index contributed by atoms with van der Waals surface area (Å²) in [6, 6.07) is 23.7. The molecule has 0 aromatic heterocycles. The second kappa shape index (κ2) is 8.36. The highest BCUT2D eigenvalue weighted by Gasteiger charge is 2.45. The molecular formula is C35H23FO2S. The number of fused-ring (bicyclic) bond motifs is 8. The van der Waals surface area contributed by atoms with Gasteiger partial charge < -0.3 is 9.47 Å². The number of ether oxygens (including phenoxy) is 2. The normalized spacial score (nSPS) is 23.6. The Hall–Kier alpha value is -4.28. The predicted octanol–water partition coefficient (Wildman–Crippen LogP) is 8.44. The Balaban J connectivity index is 1.40. The SMILES string of the molecule is COc1ccc(C2(c3ccccc3F)C=CC3=CC4=C5OC=CC=C5C5C(=C4C3=C2)Sc2ccccc25)cc1. The fraction of sp³-hybridized carbons (Fsp3) is 0.0857. The molecule has 2 atom stereocenters. The van der Waals surface area contributed by atoms with E-state index in [9.17, 15) is 0 Å². The maximum atomic E-state index is 15.6. The molecule has 8 rings (SSSR count). The fourth-order valence-electron chi connectivity index (χ4n) is 6.47. The van der Waals surface area contributed by atoms with Crippen LogP contribution < -0.4 is 4.74 Å². The van der Waals surface area contributed by atoms with Crippen LogP contribution in [0, 0.1) is 5.82 Å². The van der Waals surface area contributed by atoms with Crippen molar-refractivity contribution in [3.8, 4) is 5.75 Å². The Bertz CT molecular complexity index is 1800. The van der Waals surface area contributed by atoms with Gasteiger partial charge in [0.25, 0.3) is 0 Å². The number of hydrogen-bond acceptors (Lipinski definition) is 3. The maximum Gasteiger partial charge on any atom is 0.138 e. The lowest BCUT2D eigenvalue weighted by Gasteiger charge is -2.34. The van der Waals surface area contributed by atoms with Crippen LogP contribution in [0.4, 0.5) is 4.39 Å². The van der Waals surface area contributed by atoms with E-state index < -0.39 is 5.41 Å². The lowest BCUT2D eigenvalue weighted by atomic mass is 9.69. The first-order chi connectivity index (χ1) is 19.2. The molecule has 4 heteroatoms. The second-order valence-electron chi connectivity index (χ2n) is 10.2. The molecule has 3 aliphatic carbocycles. The van der Waals surface area contributed by atoms with Gasteiger partial charge in [-0.2, -0.15) is 0 Å². The Labute approximate surface area is 230 Å². The zero-order chi connectivity index (χ0) is 26.1. The summed E-state index contributed by atoms with van der Waals surface area (Å²) in [5.41, 5.74) is 7.85. The van der Waals surface area contributed by atoms with Gasteiger partial charge in [-0.15, -0.1) is 0 Å². The Kier molecular flexibility index (Phi) is 4.86. The Morgan fingerprint density at radius 2 is 1.79 bits per heavy atom. The number of hydrogen-bond donors (Lipinski definition) is 0. The molecule has 188 valence electrons. The molecule has 0 bridgehead atoms. The fourth-order valence-corrected chi connectivity index (χ4v) is 7.85. The van der Waals surface area contributed by atoms with Crippen molar-refractivity contribution in [1.29, 1.82) is 0 Å². The highest BCUT2D eigenvalue weighted by Crippen LogP contribution is 2.62. The molecule has 5 aliphatic rings. The van der Waals surface area contributed by atoms with E-state index in [4.69, 9.17) is 9.47 Å². The number of methoxy groups -OCH3 is 1. The minimum Gasteiger partial charge on any atom is -0.497 e. The lowest BCUT2D eigenvalue weighted by Crippen LogP contribution is -2.27. The van der Waals surface area contributed by atoms with Gasteiger partial charge in [-0.3, -0.25) is 0 Å². The molecule has 2 unspecified atom stereocenters. The van der Waals surface area contributed by atoms with Crippen molar-refractivity contribution in [3.05, 3.63) is 177 Å². The van der Waals surface area contributed by atoms with Crippen molar-refractivity contribution in [2.24, 2.45) is 0 Å². The first-order valence-corrected chi connectivity index (χ1v) is 13.8. The van der Waals surface area contributed by atoms with E-state index in [-0.39, 0.29) is 11.7 Å². The van der Waals surface area contributed by atoms with Gasteiger partial charge in [-0.25, -0.2) is 4.39 Å². The molecule has 0 saturated carbocycles. The largest absolute Gasteiger partial charge is 0.497 e. The van der Waals surface area contributed by atoms with Crippen LogP contribution >= 0.6 is 11.8 Å². The van der Waals surface area contributed by atoms with Gasteiger partial charge in [0.2, 0.25) is 0 Å². The molecule has 2 aliphatic heterocycles. The summed E-state index contributed by atoms with van der Waals surface area (Å²) in [4.78, 5) is 2.59. The first kappa shape index (κ1) is 22.7. The highest BCUT2D eigenvalue weighted by molar-refractivity contribution is 8.03. The third-order valence-corrected chi connectivity index (χ3v) is 9.50. The van der Waals surface area contributed by atoms with Crippen LogP contribution in [0.15, 0.2) is 159 Å². The molecule has 2 nitrogen and oxygen atoms in total. The van der Waals surface area contributed by atoms with E-state index in [2.05, 4.69) is 54.6 Å². The number of benzene rings is 3. The molecule has 3 aromatic rings. The molecule has 0 saturated heterocycles. The smallest absolute Gasteiger partial charge is 0.138 e. The van der Waals surface area contributed by atoms with Crippen molar-refractivity contribution in [1.82, 2.24) is 0 Å². The van der Waals surface area contributed by atoms with Crippen LogP contribution in [0.5, 0.6) is 5.75 Å². The van der Waals surface area contributed by atoms with Crippen LogP contribution in [0.2, 0.25) is 0 Å². The number of rotatable bonds is 3. The van der Waals surface area contributed by atoms with E-state index in [1.807, 2.05) is 54.2 Å². The van der Waals surface area contributed by atoms with Crippen molar-refractivity contribution < 1.29 is 13.9 Å². The molecule has 0 spiro atoms. The Morgan fingerprint density at radius 3 is 2.64 bits per heavy atom. The average Bonchev–Trinajstić information content (AvgIpc) is 3.56. The summed E-state index contributed by atoms with van der Waals surface area (Å²) in [6.45, 7) is 0. The first-order valence-electron chi connectivity index (χ1n) is 13.0. The lowest BCUT2D eigenvalue weighted by molar-refractivity contribution is 0.348. The second-order valence-corrected chi connectivity index (χ2v) is 11.3. The van der Waals surface area contributed by atoms with Gasteiger partial charge in [0.15, 0.2) is 0 Å². The van der Waals surface area contributed by atoms with Gasteiger partial charge in [-0.05, 0) is 58.7 Å². The topological polar surface area (TPSA) is 18.5 Å². The third kappa shape index (κ3) is 3.15. The van der Waals surface area contributed by atoms with E-state index in [0.29, 0.717) is 5.56 Å².